The van der Waals surface area contributed by atoms with Gasteiger partial charge in [-0.1, -0.05) is 121 Å². The number of hydrogen-bond donors (Lipinski definition) is 0. The number of fused-ring (bicyclic) bond motifs is 3. The molecule has 2 aromatic heterocycles. The number of aryl methyl sites for hydroxylation is 1. The van der Waals surface area contributed by atoms with Crippen LogP contribution < -0.4 is 0 Å². The van der Waals surface area contributed by atoms with Crippen LogP contribution in [-0.2, 0) is 6.54 Å². The van der Waals surface area contributed by atoms with Crippen molar-refractivity contribution in [3.05, 3.63) is 133 Å². The molecule has 0 aliphatic rings. The third-order valence-electron chi connectivity index (χ3n) is 7.43. The Kier molecular flexibility index (Phi) is 5.75. The Balaban J connectivity index is 1.35. The summed E-state index contributed by atoms with van der Waals surface area (Å²) in [5.41, 5.74) is 9.97. The number of hydrogen-bond acceptors (Lipinski definition) is 2. The lowest BCUT2D eigenvalue weighted by atomic mass is 10.0. The Labute approximate surface area is 228 Å². The van der Waals surface area contributed by atoms with Gasteiger partial charge in [-0.2, -0.15) is 0 Å². The molecule has 0 bridgehead atoms. The maximum absolute atomic E-state index is 4.99. The van der Waals surface area contributed by atoms with Gasteiger partial charge in [-0.15, -0.1) is 0 Å². The van der Waals surface area contributed by atoms with Crippen LogP contribution in [0.25, 0.3) is 66.8 Å². The van der Waals surface area contributed by atoms with Gasteiger partial charge in [0.05, 0.1) is 16.9 Å². The van der Waals surface area contributed by atoms with Crippen LogP contribution >= 0.6 is 0 Å². The molecule has 7 aromatic rings. The third-order valence-corrected chi connectivity index (χ3v) is 7.43. The van der Waals surface area contributed by atoms with E-state index in [-0.39, 0.29) is 0 Å². The summed E-state index contributed by atoms with van der Waals surface area (Å²) in [7, 11) is 0. The molecule has 0 saturated carbocycles. The molecule has 7 rings (SSSR count). The highest BCUT2D eigenvalue weighted by Gasteiger charge is 2.15. The largest absolute Gasteiger partial charge is 0.340 e. The van der Waals surface area contributed by atoms with Crippen LogP contribution in [0.2, 0.25) is 0 Å². The zero-order valence-corrected chi connectivity index (χ0v) is 21.8. The van der Waals surface area contributed by atoms with Gasteiger partial charge in [-0.3, -0.25) is 0 Å². The maximum Gasteiger partial charge on any atom is 0.160 e. The Hall–Kier alpha value is -5.02. The molecule has 5 aromatic carbocycles. The molecule has 3 heteroatoms. The highest BCUT2D eigenvalue weighted by molar-refractivity contribution is 6.12. The van der Waals surface area contributed by atoms with Gasteiger partial charge in [0.15, 0.2) is 5.82 Å². The van der Waals surface area contributed by atoms with Crippen molar-refractivity contribution < 1.29 is 0 Å². The van der Waals surface area contributed by atoms with E-state index in [9.17, 15) is 0 Å². The van der Waals surface area contributed by atoms with Crippen molar-refractivity contribution in [1.29, 1.82) is 0 Å². The van der Waals surface area contributed by atoms with E-state index in [1.54, 1.807) is 0 Å². The van der Waals surface area contributed by atoms with Crippen LogP contribution in [0.15, 0.2) is 133 Å². The molecule has 0 amide bonds. The lowest BCUT2D eigenvalue weighted by molar-refractivity contribution is 0.828. The molecule has 0 aliphatic heterocycles. The van der Waals surface area contributed by atoms with Gasteiger partial charge in [-0.05, 0) is 24.6 Å². The first-order valence-corrected chi connectivity index (χ1v) is 13.4. The van der Waals surface area contributed by atoms with E-state index < -0.39 is 0 Å². The van der Waals surface area contributed by atoms with Crippen molar-refractivity contribution in [1.82, 2.24) is 14.5 Å². The maximum atomic E-state index is 4.99. The fourth-order valence-corrected chi connectivity index (χ4v) is 5.56. The van der Waals surface area contributed by atoms with Gasteiger partial charge in [-0.25, -0.2) is 9.97 Å². The van der Waals surface area contributed by atoms with E-state index in [1.807, 2.05) is 36.4 Å². The van der Waals surface area contributed by atoms with E-state index in [0.717, 1.165) is 40.4 Å². The Morgan fingerprint density at radius 3 is 1.72 bits per heavy atom. The monoisotopic (exact) mass is 501 g/mol. The van der Waals surface area contributed by atoms with E-state index in [2.05, 4.69) is 109 Å². The zero-order valence-electron chi connectivity index (χ0n) is 21.8. The second-order valence-electron chi connectivity index (χ2n) is 9.73. The minimum absolute atomic E-state index is 0.725. The number of para-hydroxylation sites is 2. The Morgan fingerprint density at radius 2 is 1.08 bits per heavy atom. The highest BCUT2D eigenvalue weighted by Crippen LogP contribution is 2.36. The molecule has 0 spiro atoms. The standard InChI is InChI=1S/C36H27N3/c1-2-39-34-19-10-9-16-30(34)31-18-11-17-29(35(31)39)25-20-22-28(23-21-25)36-37-32(26-12-5-3-6-13-26)24-33(38-36)27-14-7-4-8-15-27/h3-24H,2H2,1H3. The fourth-order valence-electron chi connectivity index (χ4n) is 5.56. The predicted molar refractivity (Wildman–Crippen MR) is 162 cm³/mol. The highest BCUT2D eigenvalue weighted by atomic mass is 15.0. The summed E-state index contributed by atoms with van der Waals surface area (Å²) in [6, 6.07) is 46.7. The summed E-state index contributed by atoms with van der Waals surface area (Å²) in [5.74, 6) is 0.725. The lowest BCUT2D eigenvalue weighted by Crippen LogP contribution is -1.96. The fraction of sp³-hybridized carbons (Fsp3) is 0.0556. The molecular formula is C36H27N3. The predicted octanol–water partition coefficient (Wildman–Crippen LogP) is 9.27. The van der Waals surface area contributed by atoms with Gasteiger partial charge in [0.1, 0.15) is 0 Å². The molecule has 0 aliphatic carbocycles. The van der Waals surface area contributed by atoms with Crippen LogP contribution in [-0.4, -0.2) is 14.5 Å². The normalized spacial score (nSPS) is 11.3. The van der Waals surface area contributed by atoms with Crippen molar-refractivity contribution >= 4 is 21.8 Å². The average molecular weight is 502 g/mol. The SMILES string of the molecule is CCn1c2ccccc2c2cccc(-c3ccc(-c4nc(-c5ccccc5)cc(-c5ccccc5)n4)cc3)c21. The van der Waals surface area contributed by atoms with Crippen molar-refractivity contribution in [3.8, 4) is 45.0 Å². The summed E-state index contributed by atoms with van der Waals surface area (Å²) in [5, 5.41) is 2.59. The minimum Gasteiger partial charge on any atom is -0.340 e. The molecule has 3 nitrogen and oxygen atoms in total. The number of rotatable bonds is 5. The first kappa shape index (κ1) is 23.1. The first-order chi connectivity index (χ1) is 19.3. The van der Waals surface area contributed by atoms with Crippen LogP contribution in [0.4, 0.5) is 0 Å². The van der Waals surface area contributed by atoms with Crippen molar-refractivity contribution in [3.63, 3.8) is 0 Å². The molecular weight excluding hydrogens is 474 g/mol. The smallest absolute Gasteiger partial charge is 0.160 e. The third kappa shape index (κ3) is 4.09. The zero-order chi connectivity index (χ0) is 26.2. The Morgan fingerprint density at radius 1 is 0.513 bits per heavy atom. The Bertz CT molecular complexity index is 1860. The molecule has 2 heterocycles. The van der Waals surface area contributed by atoms with E-state index in [0.29, 0.717) is 0 Å². The second kappa shape index (κ2) is 9.70. The summed E-state index contributed by atoms with van der Waals surface area (Å²) in [4.78, 5) is 9.99. The number of nitrogens with zero attached hydrogens (tertiary/aromatic N) is 3. The van der Waals surface area contributed by atoms with Crippen LogP contribution in [0.5, 0.6) is 0 Å². The van der Waals surface area contributed by atoms with E-state index in [4.69, 9.17) is 9.97 Å². The van der Waals surface area contributed by atoms with E-state index in [1.165, 1.54) is 32.9 Å². The second-order valence-corrected chi connectivity index (χ2v) is 9.73. The minimum atomic E-state index is 0.725. The van der Waals surface area contributed by atoms with Crippen LogP contribution in [0, 0.1) is 0 Å². The summed E-state index contributed by atoms with van der Waals surface area (Å²) in [6.07, 6.45) is 0. The molecule has 0 fully saturated rings. The van der Waals surface area contributed by atoms with Crippen molar-refractivity contribution in [2.75, 3.05) is 0 Å². The van der Waals surface area contributed by atoms with Gasteiger partial charge in [0.2, 0.25) is 0 Å². The lowest BCUT2D eigenvalue weighted by Gasteiger charge is -2.11. The molecule has 0 unspecified atom stereocenters. The van der Waals surface area contributed by atoms with Crippen LogP contribution in [0.3, 0.4) is 0 Å². The van der Waals surface area contributed by atoms with Gasteiger partial charge < -0.3 is 4.57 Å². The quantitative estimate of drug-likeness (QED) is 0.235. The molecule has 186 valence electrons. The van der Waals surface area contributed by atoms with Crippen molar-refractivity contribution in [2.24, 2.45) is 0 Å². The van der Waals surface area contributed by atoms with E-state index >= 15 is 0 Å². The molecule has 39 heavy (non-hydrogen) atoms. The van der Waals surface area contributed by atoms with Crippen molar-refractivity contribution in [2.45, 2.75) is 13.5 Å². The van der Waals surface area contributed by atoms with Crippen LogP contribution in [0.1, 0.15) is 6.92 Å². The van der Waals surface area contributed by atoms with Gasteiger partial charge in [0, 0.05) is 45.1 Å². The number of aromatic nitrogens is 3. The molecule has 0 radical (unpaired) electrons. The average Bonchev–Trinajstić information content (AvgIpc) is 3.36. The summed E-state index contributed by atoms with van der Waals surface area (Å²) >= 11 is 0. The molecule has 0 saturated heterocycles. The molecule has 0 N–H and O–H groups in total. The topological polar surface area (TPSA) is 30.7 Å². The summed E-state index contributed by atoms with van der Waals surface area (Å²) < 4.78 is 2.42. The summed E-state index contributed by atoms with van der Waals surface area (Å²) in [6.45, 7) is 3.13. The number of benzene rings is 5. The van der Waals surface area contributed by atoms with Gasteiger partial charge >= 0.3 is 0 Å². The first-order valence-electron chi connectivity index (χ1n) is 13.4. The molecule has 0 atom stereocenters. The van der Waals surface area contributed by atoms with Gasteiger partial charge in [0.25, 0.3) is 0 Å².